The molecule has 94 valence electrons. The number of aliphatic hydroxyl groups excluding tert-OH is 1. The summed E-state index contributed by atoms with van der Waals surface area (Å²) >= 11 is 1.49. The van der Waals surface area contributed by atoms with Crippen molar-refractivity contribution < 1.29 is 19.4 Å². The fourth-order valence-electron chi connectivity index (χ4n) is 1.19. The molecule has 0 amide bonds. The molecule has 1 atom stereocenters. The van der Waals surface area contributed by atoms with Gasteiger partial charge in [-0.15, -0.1) is 0 Å². The number of rotatable bonds is 8. The molecule has 0 aliphatic rings. The summed E-state index contributed by atoms with van der Waals surface area (Å²) in [4.78, 5) is 23.2. The summed E-state index contributed by atoms with van der Waals surface area (Å²) in [6.45, 7) is 4.74. The van der Waals surface area contributed by atoms with E-state index in [2.05, 4.69) is 0 Å². The van der Waals surface area contributed by atoms with E-state index >= 15 is 0 Å². The van der Waals surface area contributed by atoms with Gasteiger partial charge in [0, 0.05) is 5.75 Å². The van der Waals surface area contributed by atoms with E-state index in [4.69, 9.17) is 4.74 Å². The third-order valence-electron chi connectivity index (χ3n) is 2.31. The largest absolute Gasteiger partial charge is 0.465 e. The molecule has 0 radical (unpaired) electrons. The summed E-state index contributed by atoms with van der Waals surface area (Å²) in [5, 5.41) is 9.31. The summed E-state index contributed by atoms with van der Waals surface area (Å²) in [5.74, 6) is 0.186. The summed E-state index contributed by atoms with van der Waals surface area (Å²) in [6, 6.07) is 0. The van der Waals surface area contributed by atoms with Crippen LogP contribution in [0.2, 0.25) is 0 Å². The predicted molar refractivity (Wildman–Crippen MR) is 64.4 cm³/mol. The second kappa shape index (κ2) is 7.68. The van der Waals surface area contributed by atoms with Crippen LogP contribution in [0, 0.1) is 5.41 Å². The minimum absolute atomic E-state index is 0.215. The van der Waals surface area contributed by atoms with Crippen LogP contribution in [0.3, 0.4) is 0 Å². The lowest BCUT2D eigenvalue weighted by molar-refractivity contribution is -0.160. The summed E-state index contributed by atoms with van der Waals surface area (Å²) < 4.78 is 4.86. The molecule has 0 aromatic rings. The molecule has 5 heteroatoms. The second-order valence-electron chi connectivity index (χ2n) is 3.57. The van der Waals surface area contributed by atoms with Gasteiger partial charge in [0.15, 0.2) is 5.41 Å². The van der Waals surface area contributed by atoms with Gasteiger partial charge in [-0.1, -0.05) is 6.92 Å². The van der Waals surface area contributed by atoms with E-state index in [1.165, 1.54) is 18.7 Å². The molecule has 0 bridgehead atoms. The van der Waals surface area contributed by atoms with Gasteiger partial charge < -0.3 is 9.84 Å². The van der Waals surface area contributed by atoms with Crippen molar-refractivity contribution in [3.05, 3.63) is 0 Å². The van der Waals surface area contributed by atoms with Crippen molar-refractivity contribution in [2.24, 2.45) is 5.41 Å². The SMILES string of the molecule is CCCSCC(CO)(C(C)=O)C(=O)OCC. The predicted octanol–water partition coefficient (Wildman–Crippen LogP) is 1.26. The normalized spacial score (nSPS) is 14.2. The second-order valence-corrected chi connectivity index (χ2v) is 4.67. The highest BCUT2D eigenvalue weighted by Gasteiger charge is 2.44. The molecule has 0 aliphatic heterocycles. The molecule has 0 fully saturated rings. The summed E-state index contributed by atoms with van der Waals surface area (Å²) in [6.07, 6.45) is 0.965. The van der Waals surface area contributed by atoms with E-state index in [1.807, 2.05) is 6.92 Å². The minimum atomic E-state index is -1.38. The van der Waals surface area contributed by atoms with E-state index in [9.17, 15) is 14.7 Å². The van der Waals surface area contributed by atoms with Crippen molar-refractivity contribution in [2.75, 3.05) is 24.7 Å². The van der Waals surface area contributed by atoms with Crippen molar-refractivity contribution in [3.8, 4) is 0 Å². The first-order valence-electron chi connectivity index (χ1n) is 5.42. The van der Waals surface area contributed by atoms with E-state index in [1.54, 1.807) is 6.92 Å². The molecule has 0 aliphatic carbocycles. The van der Waals surface area contributed by atoms with Gasteiger partial charge in [0.05, 0.1) is 13.2 Å². The molecule has 1 N–H and O–H groups in total. The smallest absolute Gasteiger partial charge is 0.322 e. The quantitative estimate of drug-likeness (QED) is 0.398. The van der Waals surface area contributed by atoms with E-state index < -0.39 is 18.0 Å². The number of hydrogen-bond acceptors (Lipinski definition) is 5. The number of ketones is 1. The molecular weight excluding hydrogens is 228 g/mol. The van der Waals surface area contributed by atoms with Crippen LogP contribution in [-0.2, 0) is 14.3 Å². The number of esters is 1. The highest BCUT2D eigenvalue weighted by molar-refractivity contribution is 7.99. The Morgan fingerprint density at radius 1 is 1.38 bits per heavy atom. The van der Waals surface area contributed by atoms with Crippen molar-refractivity contribution >= 4 is 23.5 Å². The molecule has 4 nitrogen and oxygen atoms in total. The number of ether oxygens (including phenoxy) is 1. The molecule has 0 rings (SSSR count). The average Bonchev–Trinajstić information content (AvgIpc) is 2.24. The highest BCUT2D eigenvalue weighted by atomic mass is 32.2. The number of aliphatic hydroxyl groups is 1. The van der Waals surface area contributed by atoms with Crippen LogP contribution in [0.25, 0.3) is 0 Å². The van der Waals surface area contributed by atoms with Crippen molar-refractivity contribution in [1.29, 1.82) is 0 Å². The van der Waals surface area contributed by atoms with E-state index in [-0.39, 0.29) is 18.1 Å². The van der Waals surface area contributed by atoms with Crippen LogP contribution in [0.15, 0.2) is 0 Å². The molecule has 16 heavy (non-hydrogen) atoms. The molecular formula is C11H20O4S. The lowest BCUT2D eigenvalue weighted by Crippen LogP contribution is -2.45. The van der Waals surface area contributed by atoms with Crippen LogP contribution >= 0.6 is 11.8 Å². The summed E-state index contributed by atoms with van der Waals surface area (Å²) in [5.41, 5.74) is -1.38. The zero-order chi connectivity index (χ0) is 12.6. The Balaban J connectivity index is 4.71. The van der Waals surface area contributed by atoms with E-state index in [0.29, 0.717) is 0 Å². The zero-order valence-electron chi connectivity index (χ0n) is 10.1. The van der Waals surface area contributed by atoms with Gasteiger partial charge in [-0.05, 0) is 26.0 Å². The standard InChI is InChI=1S/C11H20O4S/c1-4-6-16-8-11(7-12,9(3)13)10(14)15-5-2/h12H,4-8H2,1-3H3. The lowest BCUT2D eigenvalue weighted by Gasteiger charge is -2.26. The average molecular weight is 248 g/mol. The maximum absolute atomic E-state index is 11.7. The van der Waals surface area contributed by atoms with Gasteiger partial charge in [0.25, 0.3) is 0 Å². The van der Waals surface area contributed by atoms with Crippen molar-refractivity contribution in [1.82, 2.24) is 0 Å². The third kappa shape index (κ3) is 3.79. The number of thioether (sulfide) groups is 1. The molecule has 0 saturated heterocycles. The van der Waals surface area contributed by atoms with E-state index in [0.717, 1.165) is 12.2 Å². The molecule has 1 unspecified atom stereocenters. The molecule has 0 saturated carbocycles. The van der Waals surface area contributed by atoms with Crippen LogP contribution in [-0.4, -0.2) is 41.6 Å². The lowest BCUT2D eigenvalue weighted by atomic mass is 9.87. The van der Waals surface area contributed by atoms with Gasteiger partial charge in [-0.3, -0.25) is 9.59 Å². The van der Waals surface area contributed by atoms with Gasteiger partial charge in [0.1, 0.15) is 5.78 Å². The van der Waals surface area contributed by atoms with Crippen LogP contribution in [0.5, 0.6) is 0 Å². The van der Waals surface area contributed by atoms with Gasteiger partial charge >= 0.3 is 5.97 Å². The van der Waals surface area contributed by atoms with Gasteiger partial charge in [-0.25, -0.2) is 0 Å². The van der Waals surface area contributed by atoms with Crippen molar-refractivity contribution in [3.63, 3.8) is 0 Å². The fourth-order valence-corrected chi connectivity index (χ4v) is 2.38. The summed E-state index contributed by atoms with van der Waals surface area (Å²) in [7, 11) is 0. The monoisotopic (exact) mass is 248 g/mol. The fraction of sp³-hybridized carbons (Fsp3) is 0.818. The van der Waals surface area contributed by atoms with Gasteiger partial charge in [0.2, 0.25) is 0 Å². The van der Waals surface area contributed by atoms with Crippen molar-refractivity contribution in [2.45, 2.75) is 27.2 Å². The molecule has 0 spiro atoms. The Hall–Kier alpha value is -0.550. The Labute approximate surface area is 101 Å². The first-order chi connectivity index (χ1) is 7.55. The number of hydrogen-bond donors (Lipinski definition) is 1. The Morgan fingerprint density at radius 3 is 2.38 bits per heavy atom. The van der Waals surface area contributed by atoms with Crippen LogP contribution in [0.1, 0.15) is 27.2 Å². The van der Waals surface area contributed by atoms with Crippen LogP contribution < -0.4 is 0 Å². The number of carbonyl (C=O) groups excluding carboxylic acids is 2. The maximum Gasteiger partial charge on any atom is 0.322 e. The highest BCUT2D eigenvalue weighted by Crippen LogP contribution is 2.26. The molecule has 0 aromatic heterocycles. The Kier molecular flexibility index (Phi) is 7.42. The van der Waals surface area contributed by atoms with Gasteiger partial charge in [-0.2, -0.15) is 11.8 Å². The minimum Gasteiger partial charge on any atom is -0.465 e. The number of Topliss-reactive ketones (excluding diaryl/α,β-unsaturated/α-hetero) is 1. The topological polar surface area (TPSA) is 63.6 Å². The Bertz CT molecular complexity index is 242. The molecule has 0 heterocycles. The van der Waals surface area contributed by atoms with Crippen LogP contribution in [0.4, 0.5) is 0 Å². The first-order valence-corrected chi connectivity index (χ1v) is 6.57. The third-order valence-corrected chi connectivity index (χ3v) is 3.70. The number of carbonyl (C=O) groups is 2. The first kappa shape index (κ1) is 15.4. The molecule has 0 aromatic carbocycles. The maximum atomic E-state index is 11.7. The Morgan fingerprint density at radius 2 is 2.00 bits per heavy atom. The zero-order valence-corrected chi connectivity index (χ0v) is 10.9.